The van der Waals surface area contributed by atoms with Gasteiger partial charge in [-0.3, -0.25) is 0 Å². The van der Waals surface area contributed by atoms with Crippen molar-refractivity contribution >= 4 is 57.2 Å². The summed E-state index contributed by atoms with van der Waals surface area (Å²) in [4.78, 5) is 5.38. The number of fused-ring (bicyclic) bond motifs is 6. The first-order valence-corrected chi connectivity index (χ1v) is 33.7. The fourth-order valence-corrected chi connectivity index (χ4v) is 15.8. The van der Waals surface area contributed by atoms with Crippen molar-refractivity contribution in [2.45, 2.75) is 112 Å². The second kappa shape index (κ2) is 23.5. The van der Waals surface area contributed by atoms with E-state index in [0.717, 1.165) is 11.4 Å². The van der Waals surface area contributed by atoms with Crippen LogP contribution in [0.15, 0.2) is 255 Å². The second-order valence-corrected chi connectivity index (χ2v) is 27.7. The van der Waals surface area contributed by atoms with Crippen LogP contribution >= 0.6 is 0 Å². The van der Waals surface area contributed by atoms with E-state index in [-0.39, 0.29) is 18.5 Å². The van der Waals surface area contributed by atoms with Crippen molar-refractivity contribution in [3.05, 3.63) is 294 Å². The lowest BCUT2D eigenvalue weighted by Gasteiger charge is -2.45. The number of rotatable bonds is 11. The Bertz CT molecular complexity index is 4730. The summed E-state index contributed by atoms with van der Waals surface area (Å²) in [5, 5.41) is 0. The topological polar surface area (TPSA) is 6.48 Å². The molecular formula is C89H81BN2. The number of benzene rings is 12. The smallest absolute Gasteiger partial charge is 0.252 e. The molecule has 0 spiro atoms. The molecule has 1 unspecified atom stereocenters. The molecule has 0 radical (unpaired) electrons. The monoisotopic (exact) mass is 1190 g/mol. The van der Waals surface area contributed by atoms with Gasteiger partial charge in [0.2, 0.25) is 0 Å². The predicted octanol–water partition coefficient (Wildman–Crippen LogP) is 23.5. The zero-order valence-electron chi connectivity index (χ0n) is 55.2. The Morgan fingerprint density at radius 2 is 0.696 bits per heavy atom. The first-order chi connectivity index (χ1) is 44.7. The molecule has 0 saturated carbocycles. The van der Waals surface area contributed by atoms with Gasteiger partial charge in [0.25, 0.3) is 6.71 Å². The molecule has 4 aliphatic heterocycles. The van der Waals surface area contributed by atoms with Crippen LogP contribution in [0.1, 0.15) is 151 Å². The fourth-order valence-electron chi connectivity index (χ4n) is 15.8. The highest BCUT2D eigenvalue weighted by molar-refractivity contribution is 7.00. The third-order valence-corrected chi connectivity index (χ3v) is 20.4. The van der Waals surface area contributed by atoms with Gasteiger partial charge in [0.15, 0.2) is 0 Å². The van der Waals surface area contributed by atoms with E-state index >= 15 is 0 Å². The van der Waals surface area contributed by atoms with Crippen molar-refractivity contribution in [2.75, 3.05) is 9.80 Å². The summed E-state index contributed by atoms with van der Waals surface area (Å²) in [7, 11) is 0. The first-order valence-electron chi connectivity index (χ1n) is 33.7. The molecule has 0 aromatic heterocycles. The molecular weight excluding hydrogens is 1110 g/mol. The van der Waals surface area contributed by atoms with Gasteiger partial charge in [-0.1, -0.05) is 282 Å². The van der Waals surface area contributed by atoms with Crippen molar-refractivity contribution in [1.82, 2.24) is 0 Å². The predicted molar refractivity (Wildman–Crippen MR) is 396 cm³/mol. The maximum Gasteiger partial charge on any atom is 0.252 e. The SMILES string of the molecule is CC(C)c1cccc(C(C)C)c1-c1ccc(N2c3ccc(-c4c(C(C)C)cccc4C(C)C)cc3B3c4cc(-c5ccccc5)ccc4N4c5cc(cc2c53)-c2c(C(C)C)cccc2C(C)c2ccc(cc2)-c2cc(-c3ccccc3)cc(-c3ccccc3)c24)cc1. The number of anilines is 6. The van der Waals surface area contributed by atoms with E-state index in [2.05, 4.69) is 341 Å². The summed E-state index contributed by atoms with van der Waals surface area (Å²) >= 11 is 0. The summed E-state index contributed by atoms with van der Waals surface area (Å²) in [5.74, 6) is 1.73. The molecule has 0 fully saturated rings. The van der Waals surface area contributed by atoms with Gasteiger partial charge in [0, 0.05) is 45.5 Å². The van der Waals surface area contributed by atoms with Crippen LogP contribution in [0.3, 0.4) is 0 Å². The van der Waals surface area contributed by atoms with Crippen molar-refractivity contribution in [1.29, 1.82) is 0 Å². The minimum atomic E-state index is -0.171. The number of hydrogen-bond donors (Lipinski definition) is 0. The highest BCUT2D eigenvalue weighted by Crippen LogP contribution is 2.55. The van der Waals surface area contributed by atoms with E-state index in [1.807, 2.05) is 0 Å². The maximum atomic E-state index is 2.72. The fraction of sp³-hybridized carbons (Fsp3) is 0.191. The average Bonchev–Trinajstić information content (AvgIpc) is 0.788. The molecule has 12 aromatic carbocycles. The molecule has 12 aromatic rings. The van der Waals surface area contributed by atoms with Crippen molar-refractivity contribution < 1.29 is 0 Å². The summed E-state index contributed by atoms with van der Waals surface area (Å²) in [6.45, 7) is 25.8. The lowest BCUT2D eigenvalue weighted by Crippen LogP contribution is -2.61. The molecule has 3 heteroatoms. The summed E-state index contributed by atoms with van der Waals surface area (Å²) < 4.78 is 0. The van der Waals surface area contributed by atoms with Crippen molar-refractivity contribution in [3.63, 3.8) is 0 Å². The Labute approximate surface area is 547 Å². The number of nitrogens with zero attached hydrogens (tertiary/aromatic N) is 2. The van der Waals surface area contributed by atoms with Gasteiger partial charge in [-0.15, -0.1) is 0 Å². The largest absolute Gasteiger partial charge is 0.311 e. The highest BCUT2D eigenvalue weighted by atomic mass is 15.2. The lowest BCUT2D eigenvalue weighted by molar-refractivity contribution is 0.838. The van der Waals surface area contributed by atoms with Crippen LogP contribution in [-0.4, -0.2) is 6.71 Å². The van der Waals surface area contributed by atoms with Gasteiger partial charge >= 0.3 is 0 Å². The molecule has 4 aliphatic rings. The minimum Gasteiger partial charge on any atom is -0.311 e. The van der Waals surface area contributed by atoms with Crippen LogP contribution in [0.25, 0.3) is 77.9 Å². The molecule has 4 heterocycles. The summed E-state index contributed by atoms with van der Waals surface area (Å²) in [6, 6.07) is 98.8. The van der Waals surface area contributed by atoms with Crippen LogP contribution in [0.4, 0.5) is 34.1 Å². The highest BCUT2D eigenvalue weighted by Gasteiger charge is 2.46. The number of hydrogen-bond acceptors (Lipinski definition) is 2. The Kier molecular flexibility index (Phi) is 15.0. The molecule has 4 bridgehead atoms. The van der Waals surface area contributed by atoms with Crippen LogP contribution < -0.4 is 26.2 Å². The maximum absolute atomic E-state index is 2.72. The Morgan fingerprint density at radius 1 is 0.293 bits per heavy atom. The van der Waals surface area contributed by atoms with Crippen LogP contribution in [-0.2, 0) is 0 Å². The zero-order chi connectivity index (χ0) is 63.2. The van der Waals surface area contributed by atoms with Crippen molar-refractivity contribution in [3.8, 4) is 77.9 Å². The third-order valence-electron chi connectivity index (χ3n) is 20.4. The van der Waals surface area contributed by atoms with Crippen LogP contribution in [0.5, 0.6) is 0 Å². The second-order valence-electron chi connectivity index (χ2n) is 27.7. The normalized spacial score (nSPS) is 13.7. The quantitative estimate of drug-likeness (QED) is 0.119. The molecule has 16 rings (SSSR count). The third kappa shape index (κ3) is 9.86. The van der Waals surface area contributed by atoms with Gasteiger partial charge in [-0.05, 0) is 200 Å². The molecule has 0 N–H and O–H groups in total. The van der Waals surface area contributed by atoms with Gasteiger partial charge in [-0.25, -0.2) is 0 Å². The minimum absolute atomic E-state index is 0.0959. The van der Waals surface area contributed by atoms with E-state index in [1.165, 1.54) is 156 Å². The molecule has 0 amide bonds. The Hall–Kier alpha value is -9.70. The van der Waals surface area contributed by atoms with E-state index in [1.54, 1.807) is 0 Å². The lowest BCUT2D eigenvalue weighted by atomic mass is 9.33. The molecule has 1 atom stereocenters. The van der Waals surface area contributed by atoms with E-state index in [0.29, 0.717) is 23.7 Å². The Morgan fingerprint density at radius 3 is 1.22 bits per heavy atom. The van der Waals surface area contributed by atoms with Crippen LogP contribution in [0, 0.1) is 0 Å². The molecule has 0 saturated heterocycles. The zero-order valence-corrected chi connectivity index (χ0v) is 55.2. The molecule has 2 nitrogen and oxygen atoms in total. The molecule has 450 valence electrons. The van der Waals surface area contributed by atoms with E-state index in [9.17, 15) is 0 Å². The van der Waals surface area contributed by atoms with Crippen molar-refractivity contribution in [2.24, 2.45) is 0 Å². The van der Waals surface area contributed by atoms with Crippen LogP contribution in [0.2, 0.25) is 0 Å². The van der Waals surface area contributed by atoms with Gasteiger partial charge in [-0.2, -0.15) is 0 Å². The van der Waals surface area contributed by atoms with Gasteiger partial charge < -0.3 is 9.80 Å². The Balaban J connectivity index is 1.13. The summed E-state index contributed by atoms with van der Waals surface area (Å²) in [5.41, 5.74) is 37.7. The van der Waals surface area contributed by atoms with E-state index in [4.69, 9.17) is 0 Å². The average molecular weight is 1190 g/mol. The van der Waals surface area contributed by atoms with E-state index < -0.39 is 0 Å². The molecule has 92 heavy (non-hydrogen) atoms. The molecule has 0 aliphatic carbocycles. The van der Waals surface area contributed by atoms with Gasteiger partial charge in [0.05, 0.1) is 5.69 Å². The standard InChI is InChI=1S/C89H81BN2/c1-54(2)71-30-21-31-72(55(3)4)85(71)65-40-44-70(45-41-65)91-81-47-43-67(86-73(56(5)6)32-22-33-74(86)57(7)8)51-80(81)90-79-50-66(61-24-15-12-16-25-61)42-46-82(79)92-84-53-69(52-83(91)88(84)90)87-75(58(9)10)34-23-35-76(87)59(11)60-36-38-64(39-37-60)78-49-68(62-26-17-13-18-27-62)48-77(89(78)92)63-28-19-14-20-29-63/h12-59H,1-11H3. The first kappa shape index (κ1) is 58.7. The van der Waals surface area contributed by atoms with Gasteiger partial charge in [0.1, 0.15) is 0 Å². The summed E-state index contributed by atoms with van der Waals surface area (Å²) in [6.07, 6.45) is 0.